The molecule has 1 amide bonds. The lowest BCUT2D eigenvalue weighted by Gasteiger charge is -2.35. The number of hydrogen-bond acceptors (Lipinski definition) is 4. The molecule has 1 aromatic carbocycles. The van der Waals surface area contributed by atoms with Crippen LogP contribution >= 0.6 is 22.9 Å². The molecule has 1 aliphatic heterocycles. The lowest BCUT2D eigenvalue weighted by Crippen LogP contribution is -2.43. The summed E-state index contributed by atoms with van der Waals surface area (Å²) in [4.78, 5) is 16.3. The average molecular weight is 391 g/mol. The molecule has 4 nitrogen and oxygen atoms in total. The van der Waals surface area contributed by atoms with Gasteiger partial charge in [-0.2, -0.15) is 0 Å². The molecule has 2 heterocycles. The molecule has 1 aromatic heterocycles. The van der Waals surface area contributed by atoms with Crippen LogP contribution < -0.4 is 10.1 Å². The van der Waals surface area contributed by atoms with E-state index in [1.807, 2.05) is 23.5 Å². The SMILES string of the molecule is O=C(CN1CCc2sccc2[C@H]1C1CC1)NCCOc1ccc(Cl)cc1. The summed E-state index contributed by atoms with van der Waals surface area (Å²) < 4.78 is 5.62. The highest BCUT2D eigenvalue weighted by atomic mass is 35.5. The lowest BCUT2D eigenvalue weighted by molar-refractivity contribution is -0.123. The van der Waals surface area contributed by atoms with Crippen LogP contribution in [0.15, 0.2) is 35.7 Å². The number of fused-ring (bicyclic) bond motifs is 1. The minimum Gasteiger partial charge on any atom is -0.492 e. The third kappa shape index (κ3) is 4.22. The van der Waals surface area contributed by atoms with Gasteiger partial charge >= 0.3 is 0 Å². The summed E-state index contributed by atoms with van der Waals surface area (Å²) in [7, 11) is 0. The summed E-state index contributed by atoms with van der Waals surface area (Å²) in [6.45, 7) is 2.40. The Hall–Kier alpha value is -1.56. The van der Waals surface area contributed by atoms with E-state index in [0.717, 1.165) is 24.6 Å². The summed E-state index contributed by atoms with van der Waals surface area (Å²) in [5, 5.41) is 5.86. The van der Waals surface area contributed by atoms with E-state index in [2.05, 4.69) is 21.7 Å². The Morgan fingerprint density at radius 3 is 2.85 bits per heavy atom. The van der Waals surface area contributed by atoms with Crippen LogP contribution in [0.3, 0.4) is 0 Å². The highest BCUT2D eigenvalue weighted by Gasteiger charge is 2.40. The molecule has 6 heteroatoms. The highest BCUT2D eigenvalue weighted by Crippen LogP contribution is 2.48. The van der Waals surface area contributed by atoms with Gasteiger partial charge < -0.3 is 10.1 Å². The molecule has 0 bridgehead atoms. The monoisotopic (exact) mass is 390 g/mol. The number of nitrogens with one attached hydrogen (secondary N) is 1. The van der Waals surface area contributed by atoms with Crippen LogP contribution in [-0.4, -0.2) is 37.0 Å². The number of nitrogens with zero attached hydrogens (tertiary/aromatic N) is 1. The molecule has 2 aliphatic rings. The van der Waals surface area contributed by atoms with E-state index in [4.69, 9.17) is 16.3 Å². The van der Waals surface area contributed by atoms with Crippen molar-refractivity contribution in [2.75, 3.05) is 26.2 Å². The molecule has 2 aromatic rings. The molecule has 1 atom stereocenters. The first-order valence-electron chi connectivity index (χ1n) is 9.16. The van der Waals surface area contributed by atoms with Crippen molar-refractivity contribution in [2.45, 2.75) is 25.3 Å². The largest absolute Gasteiger partial charge is 0.492 e. The van der Waals surface area contributed by atoms with Gasteiger partial charge in [0, 0.05) is 22.5 Å². The van der Waals surface area contributed by atoms with Gasteiger partial charge in [-0.1, -0.05) is 11.6 Å². The van der Waals surface area contributed by atoms with Gasteiger partial charge in [-0.3, -0.25) is 9.69 Å². The fourth-order valence-electron chi connectivity index (χ4n) is 3.67. The normalized spacial score (nSPS) is 19.8. The van der Waals surface area contributed by atoms with Crippen molar-refractivity contribution in [3.63, 3.8) is 0 Å². The predicted octanol–water partition coefficient (Wildman–Crippen LogP) is 3.91. The van der Waals surface area contributed by atoms with Crippen LogP contribution in [0.2, 0.25) is 5.02 Å². The average Bonchev–Trinajstić information content (AvgIpc) is 3.36. The van der Waals surface area contributed by atoms with Crippen LogP contribution in [0.4, 0.5) is 0 Å². The van der Waals surface area contributed by atoms with Crippen molar-refractivity contribution in [3.05, 3.63) is 51.2 Å². The molecule has 0 saturated heterocycles. The maximum atomic E-state index is 12.4. The number of thiophene rings is 1. The molecule has 0 radical (unpaired) electrons. The Balaban J connectivity index is 1.25. The van der Waals surface area contributed by atoms with Crippen molar-refractivity contribution >= 4 is 28.8 Å². The van der Waals surface area contributed by atoms with E-state index in [1.165, 1.54) is 23.3 Å². The third-order valence-electron chi connectivity index (χ3n) is 5.04. The van der Waals surface area contributed by atoms with E-state index in [9.17, 15) is 4.79 Å². The Labute approximate surface area is 163 Å². The summed E-state index contributed by atoms with van der Waals surface area (Å²) in [6.07, 6.45) is 3.63. The summed E-state index contributed by atoms with van der Waals surface area (Å²) in [5.41, 5.74) is 1.46. The Bertz CT molecular complexity index is 757. The molecule has 26 heavy (non-hydrogen) atoms. The van der Waals surface area contributed by atoms with Gasteiger partial charge in [-0.05, 0) is 66.5 Å². The van der Waals surface area contributed by atoms with Crippen molar-refractivity contribution in [1.82, 2.24) is 10.2 Å². The fourth-order valence-corrected chi connectivity index (χ4v) is 4.71. The van der Waals surface area contributed by atoms with Gasteiger partial charge in [0.25, 0.3) is 0 Å². The van der Waals surface area contributed by atoms with Crippen molar-refractivity contribution in [1.29, 1.82) is 0 Å². The van der Waals surface area contributed by atoms with E-state index in [1.54, 1.807) is 12.1 Å². The third-order valence-corrected chi connectivity index (χ3v) is 6.29. The van der Waals surface area contributed by atoms with Crippen LogP contribution in [0, 0.1) is 5.92 Å². The molecule has 1 saturated carbocycles. The second-order valence-corrected chi connectivity index (χ2v) is 8.39. The van der Waals surface area contributed by atoms with Crippen LogP contribution in [0.25, 0.3) is 0 Å². The van der Waals surface area contributed by atoms with E-state index >= 15 is 0 Å². The summed E-state index contributed by atoms with van der Waals surface area (Å²) >= 11 is 7.71. The zero-order valence-corrected chi connectivity index (χ0v) is 16.2. The summed E-state index contributed by atoms with van der Waals surface area (Å²) in [5.74, 6) is 1.57. The first-order valence-corrected chi connectivity index (χ1v) is 10.4. The maximum absolute atomic E-state index is 12.4. The number of carbonyl (C=O) groups excluding carboxylic acids is 1. The first-order chi connectivity index (χ1) is 12.7. The van der Waals surface area contributed by atoms with Gasteiger partial charge in [0.15, 0.2) is 0 Å². The van der Waals surface area contributed by atoms with E-state index in [0.29, 0.717) is 30.8 Å². The van der Waals surface area contributed by atoms with Gasteiger partial charge in [0.05, 0.1) is 13.1 Å². The van der Waals surface area contributed by atoms with Crippen molar-refractivity contribution < 1.29 is 9.53 Å². The minimum atomic E-state index is 0.0778. The van der Waals surface area contributed by atoms with Gasteiger partial charge in [-0.15, -0.1) is 11.3 Å². The molecule has 1 fully saturated rings. The zero-order valence-electron chi connectivity index (χ0n) is 14.6. The van der Waals surface area contributed by atoms with E-state index < -0.39 is 0 Å². The maximum Gasteiger partial charge on any atom is 0.234 e. The number of ether oxygens (including phenoxy) is 1. The molecular weight excluding hydrogens is 368 g/mol. The Morgan fingerprint density at radius 1 is 1.27 bits per heavy atom. The number of amides is 1. The van der Waals surface area contributed by atoms with E-state index in [-0.39, 0.29) is 5.91 Å². The quantitative estimate of drug-likeness (QED) is 0.729. The molecule has 4 rings (SSSR count). The molecule has 0 spiro atoms. The lowest BCUT2D eigenvalue weighted by atomic mass is 9.96. The zero-order chi connectivity index (χ0) is 17.9. The van der Waals surface area contributed by atoms with Crippen LogP contribution in [0.5, 0.6) is 5.75 Å². The number of halogens is 1. The smallest absolute Gasteiger partial charge is 0.234 e. The predicted molar refractivity (Wildman–Crippen MR) is 105 cm³/mol. The minimum absolute atomic E-state index is 0.0778. The standard InChI is InChI=1S/C20H23ClN2O2S/c21-15-3-5-16(6-4-15)25-11-9-22-19(24)13-23-10-7-18-17(8-12-26-18)20(23)14-1-2-14/h3-6,8,12,14,20H,1-2,7,9-11,13H2,(H,22,24)/t20-/m1/s1. The number of hydrogen-bond donors (Lipinski definition) is 1. The number of benzene rings is 1. The van der Waals surface area contributed by atoms with Crippen LogP contribution in [-0.2, 0) is 11.2 Å². The molecule has 0 unspecified atom stereocenters. The summed E-state index contributed by atoms with van der Waals surface area (Å²) in [6, 6.07) is 9.94. The first kappa shape index (κ1) is 17.8. The van der Waals surface area contributed by atoms with Crippen molar-refractivity contribution in [3.8, 4) is 5.75 Å². The van der Waals surface area contributed by atoms with Crippen molar-refractivity contribution in [2.24, 2.45) is 5.92 Å². The Morgan fingerprint density at radius 2 is 2.08 bits per heavy atom. The Kier molecular flexibility index (Phi) is 5.48. The molecule has 1 N–H and O–H groups in total. The molecule has 138 valence electrons. The van der Waals surface area contributed by atoms with Gasteiger partial charge in [0.2, 0.25) is 5.91 Å². The molecular formula is C20H23ClN2O2S. The number of carbonyl (C=O) groups is 1. The second-order valence-electron chi connectivity index (χ2n) is 6.95. The topological polar surface area (TPSA) is 41.6 Å². The van der Waals surface area contributed by atoms with Gasteiger partial charge in [0.1, 0.15) is 12.4 Å². The number of rotatable bonds is 7. The highest BCUT2D eigenvalue weighted by molar-refractivity contribution is 7.10. The second kappa shape index (κ2) is 7.99. The molecule has 1 aliphatic carbocycles. The van der Waals surface area contributed by atoms with Crippen LogP contribution in [0.1, 0.15) is 29.3 Å². The van der Waals surface area contributed by atoms with Gasteiger partial charge in [-0.25, -0.2) is 0 Å². The fraction of sp³-hybridized carbons (Fsp3) is 0.450.